The number of rotatable bonds is 3. The molecule has 20 heavy (non-hydrogen) atoms. The quantitative estimate of drug-likeness (QED) is 0.770. The second-order valence-electron chi connectivity index (χ2n) is 4.41. The predicted octanol–water partition coefficient (Wildman–Crippen LogP) is 1.15. The number of nitrogen functional groups attached to an aromatic ring is 1. The monoisotopic (exact) mass is 276 g/mol. The molecule has 0 fully saturated rings. The van der Waals surface area contributed by atoms with Gasteiger partial charge in [-0.3, -0.25) is 0 Å². The zero-order valence-corrected chi connectivity index (χ0v) is 11.5. The zero-order chi connectivity index (χ0) is 14.7. The van der Waals surface area contributed by atoms with Gasteiger partial charge in [0.2, 0.25) is 11.8 Å². The molecule has 106 valence electrons. The molecule has 0 radical (unpaired) electrons. The lowest BCUT2D eigenvalue weighted by Crippen LogP contribution is -2.23. The van der Waals surface area contributed by atoms with Crippen LogP contribution in [0.4, 0.5) is 16.6 Å². The Hall–Kier alpha value is -2.64. The number of aromatic nitrogens is 3. The highest BCUT2D eigenvalue weighted by Crippen LogP contribution is 2.25. The van der Waals surface area contributed by atoms with Crippen molar-refractivity contribution in [3.05, 3.63) is 12.3 Å². The van der Waals surface area contributed by atoms with Crippen LogP contribution in [0.1, 0.15) is 13.8 Å². The third kappa shape index (κ3) is 3.02. The first-order valence-electron chi connectivity index (χ1n) is 6.09. The maximum atomic E-state index is 11.3. The van der Waals surface area contributed by atoms with Crippen LogP contribution in [0.3, 0.4) is 0 Å². The van der Waals surface area contributed by atoms with E-state index in [0.717, 1.165) is 0 Å². The van der Waals surface area contributed by atoms with Crippen molar-refractivity contribution < 1.29 is 9.53 Å². The summed E-state index contributed by atoms with van der Waals surface area (Å²) in [6.45, 7) is 3.93. The molecule has 2 heterocycles. The Morgan fingerprint density at radius 3 is 2.80 bits per heavy atom. The van der Waals surface area contributed by atoms with Crippen molar-refractivity contribution in [3.8, 4) is 5.88 Å². The molecule has 0 aliphatic rings. The number of pyridine rings is 1. The van der Waals surface area contributed by atoms with E-state index in [2.05, 4.69) is 25.6 Å². The zero-order valence-electron chi connectivity index (χ0n) is 11.5. The van der Waals surface area contributed by atoms with Gasteiger partial charge < -0.3 is 21.1 Å². The van der Waals surface area contributed by atoms with E-state index in [1.54, 1.807) is 12.3 Å². The minimum Gasteiger partial charge on any atom is -0.391 e. The fourth-order valence-electron chi connectivity index (χ4n) is 1.60. The van der Waals surface area contributed by atoms with Crippen LogP contribution < -0.4 is 21.1 Å². The van der Waals surface area contributed by atoms with Crippen molar-refractivity contribution in [3.63, 3.8) is 0 Å². The van der Waals surface area contributed by atoms with Gasteiger partial charge in [0.1, 0.15) is 5.52 Å². The Morgan fingerprint density at radius 1 is 1.40 bits per heavy atom. The van der Waals surface area contributed by atoms with E-state index in [1.165, 1.54) is 7.05 Å². The summed E-state index contributed by atoms with van der Waals surface area (Å²) in [6, 6.07) is 1.72. The molecular weight excluding hydrogens is 260 g/mol. The smallest absolute Gasteiger partial charge is 0.391 e. The summed E-state index contributed by atoms with van der Waals surface area (Å²) in [4.78, 5) is 23.6. The number of carbonyl (C=O) groups excluding carboxylic acids is 1. The van der Waals surface area contributed by atoms with E-state index in [0.29, 0.717) is 16.7 Å². The van der Waals surface area contributed by atoms with Crippen LogP contribution in [-0.4, -0.2) is 34.1 Å². The maximum Gasteiger partial charge on any atom is 0.413 e. The molecule has 2 rings (SSSR count). The van der Waals surface area contributed by atoms with E-state index < -0.39 is 6.09 Å². The van der Waals surface area contributed by atoms with E-state index in [9.17, 15) is 4.79 Å². The summed E-state index contributed by atoms with van der Waals surface area (Å²) >= 11 is 0. The van der Waals surface area contributed by atoms with E-state index in [-0.39, 0.29) is 17.9 Å². The molecule has 0 unspecified atom stereocenters. The molecule has 0 aliphatic carbocycles. The van der Waals surface area contributed by atoms with Gasteiger partial charge in [0, 0.05) is 30.7 Å². The standard InChI is InChI=1S/C12H16N6O2/c1-6(2)16-10-9-7(5-15-11(13)18-9)4-8(17-10)20-12(19)14-3/h4-6H,1-3H3,(H,14,19)(H,16,17)(H2,13,15,18). The molecule has 2 aromatic heterocycles. The number of anilines is 2. The molecule has 8 heteroatoms. The van der Waals surface area contributed by atoms with Crippen molar-refractivity contribution in [1.29, 1.82) is 0 Å². The average molecular weight is 276 g/mol. The van der Waals surface area contributed by atoms with Crippen molar-refractivity contribution >= 4 is 28.8 Å². The lowest BCUT2D eigenvalue weighted by Gasteiger charge is -2.13. The third-order valence-electron chi connectivity index (χ3n) is 2.39. The van der Waals surface area contributed by atoms with Crippen LogP contribution in [0.5, 0.6) is 5.88 Å². The molecule has 0 spiro atoms. The number of nitrogens with two attached hydrogens (primary N) is 1. The summed E-state index contributed by atoms with van der Waals surface area (Å²) in [5, 5.41) is 6.17. The second kappa shape index (κ2) is 5.55. The third-order valence-corrected chi connectivity index (χ3v) is 2.39. The first-order chi connectivity index (χ1) is 9.49. The van der Waals surface area contributed by atoms with Crippen LogP contribution in [0.15, 0.2) is 12.3 Å². The van der Waals surface area contributed by atoms with Crippen molar-refractivity contribution in [2.75, 3.05) is 18.1 Å². The summed E-state index contributed by atoms with van der Waals surface area (Å²) < 4.78 is 5.04. The van der Waals surface area contributed by atoms with Crippen molar-refractivity contribution in [2.24, 2.45) is 0 Å². The van der Waals surface area contributed by atoms with Gasteiger partial charge in [-0.15, -0.1) is 0 Å². The van der Waals surface area contributed by atoms with Crippen molar-refractivity contribution in [2.45, 2.75) is 19.9 Å². The molecule has 8 nitrogen and oxygen atoms in total. The van der Waals surface area contributed by atoms with Gasteiger partial charge in [0.25, 0.3) is 0 Å². The molecule has 0 aromatic carbocycles. The van der Waals surface area contributed by atoms with Gasteiger partial charge in [0.15, 0.2) is 5.82 Å². The molecule has 2 aromatic rings. The van der Waals surface area contributed by atoms with E-state index in [4.69, 9.17) is 10.5 Å². The minimum atomic E-state index is -0.594. The topological polar surface area (TPSA) is 115 Å². The Balaban J connectivity index is 2.52. The highest BCUT2D eigenvalue weighted by atomic mass is 16.6. The normalized spacial score (nSPS) is 10.6. The Kier molecular flexibility index (Phi) is 3.83. The molecular formula is C12H16N6O2. The van der Waals surface area contributed by atoms with Crippen LogP contribution in [0.25, 0.3) is 10.9 Å². The summed E-state index contributed by atoms with van der Waals surface area (Å²) in [5.41, 5.74) is 6.17. The van der Waals surface area contributed by atoms with Gasteiger partial charge in [-0.1, -0.05) is 0 Å². The molecule has 0 atom stereocenters. The van der Waals surface area contributed by atoms with E-state index in [1.807, 2.05) is 13.8 Å². The summed E-state index contributed by atoms with van der Waals surface area (Å²) in [6.07, 6.45) is 0.963. The second-order valence-corrected chi connectivity index (χ2v) is 4.41. The minimum absolute atomic E-state index is 0.136. The van der Waals surface area contributed by atoms with Crippen LogP contribution in [0.2, 0.25) is 0 Å². The largest absolute Gasteiger partial charge is 0.413 e. The predicted molar refractivity (Wildman–Crippen MR) is 75.6 cm³/mol. The first kappa shape index (κ1) is 13.8. The summed E-state index contributed by atoms with van der Waals surface area (Å²) in [5.74, 6) is 0.810. The highest BCUT2D eigenvalue weighted by molar-refractivity contribution is 5.89. The Labute approximate surface area is 115 Å². The lowest BCUT2D eigenvalue weighted by atomic mass is 10.2. The fourth-order valence-corrected chi connectivity index (χ4v) is 1.60. The van der Waals surface area contributed by atoms with Gasteiger partial charge in [-0.05, 0) is 13.8 Å². The van der Waals surface area contributed by atoms with Gasteiger partial charge in [-0.25, -0.2) is 14.8 Å². The van der Waals surface area contributed by atoms with E-state index >= 15 is 0 Å². The number of nitrogens with one attached hydrogen (secondary N) is 2. The highest BCUT2D eigenvalue weighted by Gasteiger charge is 2.12. The SMILES string of the molecule is CNC(=O)Oc1cc2cnc(N)nc2c(NC(C)C)n1. The molecule has 0 bridgehead atoms. The number of fused-ring (bicyclic) bond motifs is 1. The molecule has 4 N–H and O–H groups in total. The number of ether oxygens (including phenoxy) is 1. The van der Waals surface area contributed by atoms with Crippen LogP contribution >= 0.6 is 0 Å². The molecule has 1 amide bonds. The first-order valence-corrected chi connectivity index (χ1v) is 6.09. The van der Waals surface area contributed by atoms with Gasteiger partial charge in [0.05, 0.1) is 0 Å². The van der Waals surface area contributed by atoms with Crippen LogP contribution in [-0.2, 0) is 0 Å². The molecule has 0 saturated heterocycles. The number of amides is 1. The summed E-state index contributed by atoms with van der Waals surface area (Å²) in [7, 11) is 1.47. The molecule has 0 saturated carbocycles. The van der Waals surface area contributed by atoms with Crippen LogP contribution in [0, 0.1) is 0 Å². The van der Waals surface area contributed by atoms with Gasteiger partial charge in [-0.2, -0.15) is 4.98 Å². The Morgan fingerprint density at radius 2 is 2.15 bits per heavy atom. The van der Waals surface area contributed by atoms with Gasteiger partial charge >= 0.3 is 6.09 Å². The van der Waals surface area contributed by atoms with Crippen molar-refractivity contribution in [1.82, 2.24) is 20.3 Å². The number of nitrogens with zero attached hydrogens (tertiary/aromatic N) is 3. The molecule has 0 aliphatic heterocycles. The lowest BCUT2D eigenvalue weighted by molar-refractivity contribution is 0.201. The Bertz CT molecular complexity index is 643. The fraction of sp³-hybridized carbons (Fsp3) is 0.333. The number of hydrogen-bond donors (Lipinski definition) is 3. The number of hydrogen-bond acceptors (Lipinski definition) is 7. The number of carbonyl (C=O) groups is 1. The maximum absolute atomic E-state index is 11.3. The average Bonchev–Trinajstić information content (AvgIpc) is 2.38.